The van der Waals surface area contributed by atoms with Crippen LogP contribution >= 0.6 is 23.2 Å². The molecule has 2 heterocycles. The highest BCUT2D eigenvalue weighted by Crippen LogP contribution is 2.29. The van der Waals surface area contributed by atoms with Gasteiger partial charge < -0.3 is 14.6 Å². The quantitative estimate of drug-likeness (QED) is 0.735. The van der Waals surface area contributed by atoms with Crippen molar-refractivity contribution in [2.24, 2.45) is 0 Å². The summed E-state index contributed by atoms with van der Waals surface area (Å²) in [6.07, 6.45) is 3.98. The zero-order chi connectivity index (χ0) is 19.6. The summed E-state index contributed by atoms with van der Waals surface area (Å²) in [5.74, 6) is 1.20. The number of carbonyl (C=O) groups excluding carboxylic acids is 1. The minimum atomic E-state index is -0.466. The molecule has 0 radical (unpaired) electrons. The van der Waals surface area contributed by atoms with Crippen LogP contribution in [0.1, 0.15) is 56.6 Å². The van der Waals surface area contributed by atoms with E-state index >= 15 is 0 Å². The summed E-state index contributed by atoms with van der Waals surface area (Å²) in [5, 5.41) is 1.29. The zero-order valence-corrected chi connectivity index (χ0v) is 17.4. The van der Waals surface area contributed by atoms with Gasteiger partial charge in [-0.15, -0.1) is 0 Å². The Morgan fingerprint density at radius 2 is 1.89 bits per heavy atom. The van der Waals surface area contributed by atoms with Gasteiger partial charge in [0.2, 0.25) is 0 Å². The van der Waals surface area contributed by atoms with Crippen molar-refractivity contribution in [3.05, 3.63) is 51.5 Å². The molecule has 0 unspecified atom stereocenters. The van der Waals surface area contributed by atoms with Crippen molar-refractivity contribution >= 4 is 29.3 Å². The highest BCUT2D eigenvalue weighted by molar-refractivity contribution is 6.36. The lowest BCUT2D eigenvalue weighted by molar-refractivity contribution is 0.0204. The molecule has 3 rings (SSSR count). The number of aromatic amines is 1. The first kappa shape index (κ1) is 20.0. The molecule has 1 aliphatic rings. The van der Waals surface area contributed by atoms with E-state index in [1.54, 1.807) is 4.90 Å². The second-order valence-electron chi connectivity index (χ2n) is 7.90. The van der Waals surface area contributed by atoms with Crippen molar-refractivity contribution in [2.75, 3.05) is 13.1 Å². The molecule has 7 heteroatoms. The molecule has 2 aromatic rings. The van der Waals surface area contributed by atoms with Crippen molar-refractivity contribution < 1.29 is 9.53 Å². The lowest BCUT2D eigenvalue weighted by Gasteiger charge is -2.33. The van der Waals surface area contributed by atoms with Gasteiger partial charge in [-0.25, -0.2) is 9.78 Å². The van der Waals surface area contributed by atoms with E-state index in [0.29, 0.717) is 35.5 Å². The molecule has 0 atom stereocenters. The van der Waals surface area contributed by atoms with E-state index in [1.807, 2.05) is 45.2 Å². The van der Waals surface area contributed by atoms with Crippen LogP contribution in [0.15, 0.2) is 24.4 Å². The average Bonchev–Trinajstić information content (AvgIpc) is 3.06. The third-order valence-electron chi connectivity index (χ3n) is 4.64. The minimum absolute atomic E-state index is 0.236. The van der Waals surface area contributed by atoms with Crippen molar-refractivity contribution in [1.29, 1.82) is 0 Å². The Kier molecular flexibility index (Phi) is 6.02. The SMILES string of the molecule is CC(C)(C)OC(=O)N1CCC(c2cnc(Cc3c(Cl)cccc3Cl)[nH]2)CC1. The molecule has 0 bridgehead atoms. The second-order valence-corrected chi connectivity index (χ2v) is 8.72. The van der Waals surface area contributed by atoms with E-state index < -0.39 is 5.60 Å². The Balaban J connectivity index is 1.59. The minimum Gasteiger partial charge on any atom is -0.444 e. The van der Waals surface area contributed by atoms with E-state index in [2.05, 4.69) is 9.97 Å². The smallest absolute Gasteiger partial charge is 0.410 e. The van der Waals surface area contributed by atoms with Crippen LogP contribution in [0, 0.1) is 0 Å². The van der Waals surface area contributed by atoms with Gasteiger partial charge in [0.25, 0.3) is 0 Å². The number of halogens is 2. The molecule has 0 aliphatic carbocycles. The molecule has 1 aromatic heterocycles. The summed E-state index contributed by atoms with van der Waals surface area (Å²) in [6, 6.07) is 5.50. The molecular weight excluding hydrogens is 385 g/mol. The van der Waals surface area contributed by atoms with Crippen LogP contribution < -0.4 is 0 Å². The van der Waals surface area contributed by atoms with Crippen LogP contribution in [0.25, 0.3) is 0 Å². The molecule has 1 aromatic carbocycles. The Morgan fingerprint density at radius 1 is 1.26 bits per heavy atom. The van der Waals surface area contributed by atoms with Crippen LogP contribution in [0.5, 0.6) is 0 Å². The van der Waals surface area contributed by atoms with Crippen molar-refractivity contribution in [1.82, 2.24) is 14.9 Å². The Hall–Kier alpha value is -1.72. The highest BCUT2D eigenvalue weighted by atomic mass is 35.5. The van der Waals surface area contributed by atoms with Gasteiger partial charge in [0.1, 0.15) is 11.4 Å². The van der Waals surface area contributed by atoms with Gasteiger partial charge in [-0.2, -0.15) is 0 Å². The molecule has 1 aliphatic heterocycles. The maximum Gasteiger partial charge on any atom is 0.410 e. The average molecular weight is 410 g/mol. The van der Waals surface area contributed by atoms with Crippen LogP contribution in [0.4, 0.5) is 4.79 Å². The van der Waals surface area contributed by atoms with Gasteiger partial charge in [0, 0.05) is 47.4 Å². The Bertz CT molecular complexity index is 786. The normalized spacial score (nSPS) is 15.8. The third kappa shape index (κ3) is 5.17. The molecule has 146 valence electrons. The maximum atomic E-state index is 12.2. The van der Waals surface area contributed by atoms with Crippen molar-refractivity contribution in [3.8, 4) is 0 Å². The van der Waals surface area contributed by atoms with E-state index in [1.165, 1.54) is 0 Å². The molecule has 1 saturated heterocycles. The number of aromatic nitrogens is 2. The number of imidazole rings is 1. The number of piperidine rings is 1. The number of benzene rings is 1. The molecule has 1 amide bonds. The fourth-order valence-corrected chi connectivity index (χ4v) is 3.78. The highest BCUT2D eigenvalue weighted by Gasteiger charge is 2.28. The van der Waals surface area contributed by atoms with Gasteiger partial charge in [0.15, 0.2) is 0 Å². The number of ether oxygens (including phenoxy) is 1. The summed E-state index contributed by atoms with van der Waals surface area (Å²) < 4.78 is 5.45. The number of nitrogens with one attached hydrogen (secondary N) is 1. The molecule has 0 saturated carbocycles. The predicted octanol–water partition coefficient (Wildman–Crippen LogP) is 5.42. The first-order chi connectivity index (χ1) is 12.7. The number of amides is 1. The molecule has 5 nitrogen and oxygen atoms in total. The predicted molar refractivity (Wildman–Crippen MR) is 108 cm³/mol. The lowest BCUT2D eigenvalue weighted by atomic mass is 9.94. The molecule has 0 spiro atoms. The van der Waals surface area contributed by atoms with Crippen molar-refractivity contribution in [2.45, 2.75) is 51.6 Å². The van der Waals surface area contributed by atoms with Crippen LogP contribution in [0.2, 0.25) is 10.0 Å². The number of nitrogens with zero attached hydrogens (tertiary/aromatic N) is 2. The molecule has 1 N–H and O–H groups in total. The maximum absolute atomic E-state index is 12.2. The van der Waals surface area contributed by atoms with E-state index in [-0.39, 0.29) is 6.09 Å². The number of likely N-dealkylation sites (tertiary alicyclic amines) is 1. The summed E-state index contributed by atoms with van der Waals surface area (Å²) in [4.78, 5) is 21.9. The third-order valence-corrected chi connectivity index (χ3v) is 5.35. The number of carbonyl (C=O) groups is 1. The summed E-state index contributed by atoms with van der Waals surface area (Å²) >= 11 is 12.5. The summed E-state index contributed by atoms with van der Waals surface area (Å²) in [5.41, 5.74) is 1.50. The Labute approximate surface area is 170 Å². The Morgan fingerprint density at radius 3 is 2.48 bits per heavy atom. The summed E-state index contributed by atoms with van der Waals surface area (Å²) in [6.45, 7) is 7.02. The first-order valence-electron chi connectivity index (χ1n) is 9.17. The molecule has 1 fully saturated rings. The molecular formula is C20H25Cl2N3O2. The van der Waals surface area contributed by atoms with Gasteiger partial charge in [0.05, 0.1) is 0 Å². The number of hydrogen-bond donors (Lipinski definition) is 1. The van der Waals surface area contributed by atoms with Crippen LogP contribution in [0.3, 0.4) is 0 Å². The monoisotopic (exact) mass is 409 g/mol. The number of rotatable bonds is 3. The van der Waals surface area contributed by atoms with E-state index in [4.69, 9.17) is 27.9 Å². The van der Waals surface area contributed by atoms with Crippen molar-refractivity contribution in [3.63, 3.8) is 0 Å². The fraction of sp³-hybridized carbons (Fsp3) is 0.500. The number of H-pyrrole nitrogens is 1. The van der Waals surface area contributed by atoms with Gasteiger partial charge >= 0.3 is 6.09 Å². The second kappa shape index (κ2) is 8.11. The lowest BCUT2D eigenvalue weighted by Crippen LogP contribution is -2.41. The van der Waals surface area contributed by atoms with Gasteiger partial charge in [-0.1, -0.05) is 29.3 Å². The van der Waals surface area contributed by atoms with Crippen LogP contribution in [-0.4, -0.2) is 39.7 Å². The van der Waals surface area contributed by atoms with E-state index in [0.717, 1.165) is 29.9 Å². The van der Waals surface area contributed by atoms with Crippen LogP contribution in [-0.2, 0) is 11.2 Å². The fourth-order valence-electron chi connectivity index (χ4n) is 3.24. The van der Waals surface area contributed by atoms with E-state index in [9.17, 15) is 4.79 Å². The van der Waals surface area contributed by atoms with Gasteiger partial charge in [-0.3, -0.25) is 0 Å². The topological polar surface area (TPSA) is 58.2 Å². The zero-order valence-electron chi connectivity index (χ0n) is 15.9. The standard InChI is InChI=1S/C20H25Cl2N3O2/c1-20(2,3)27-19(26)25-9-7-13(8-10-25)17-12-23-18(24-17)11-14-15(21)5-4-6-16(14)22/h4-6,12-13H,7-11H2,1-3H3,(H,23,24). The largest absolute Gasteiger partial charge is 0.444 e. The van der Waals surface area contributed by atoms with Gasteiger partial charge in [-0.05, 0) is 51.3 Å². The number of hydrogen-bond acceptors (Lipinski definition) is 3. The first-order valence-corrected chi connectivity index (χ1v) is 9.93. The summed E-state index contributed by atoms with van der Waals surface area (Å²) in [7, 11) is 0. The molecule has 27 heavy (non-hydrogen) atoms.